The van der Waals surface area contributed by atoms with Gasteiger partial charge in [0.2, 0.25) is 0 Å². The Morgan fingerprint density at radius 2 is 2.12 bits per heavy atom. The average molecular weight is 254 g/mol. The molecule has 1 aliphatic carbocycles. The van der Waals surface area contributed by atoms with Crippen LogP contribution in [0.4, 0.5) is 0 Å². The van der Waals surface area contributed by atoms with Gasteiger partial charge in [-0.05, 0) is 43.2 Å². The Balaban J connectivity index is 1.90. The van der Waals surface area contributed by atoms with Crippen LogP contribution in [0, 0.1) is 5.41 Å². The minimum atomic E-state index is 0.264. The smallest absolute Gasteiger partial charge is 0.0453 e. The van der Waals surface area contributed by atoms with Crippen molar-refractivity contribution in [1.82, 2.24) is 5.32 Å². The predicted octanol–water partition coefficient (Wildman–Crippen LogP) is 3.15. The molecule has 0 saturated heterocycles. The van der Waals surface area contributed by atoms with Crippen molar-refractivity contribution >= 4 is 11.6 Å². The highest BCUT2D eigenvalue weighted by atomic mass is 35.5. The first-order valence-corrected chi connectivity index (χ1v) is 6.63. The second kappa shape index (κ2) is 5.38. The van der Waals surface area contributed by atoms with Gasteiger partial charge in [0.1, 0.15) is 0 Å². The van der Waals surface area contributed by atoms with Crippen molar-refractivity contribution in [2.45, 2.75) is 32.2 Å². The first-order valence-electron chi connectivity index (χ1n) is 6.26. The summed E-state index contributed by atoms with van der Waals surface area (Å²) in [6.45, 7) is 3.40. The van der Waals surface area contributed by atoms with E-state index in [2.05, 4.69) is 18.3 Å². The minimum absolute atomic E-state index is 0.264. The lowest BCUT2D eigenvalue weighted by molar-refractivity contribution is 0.243. The monoisotopic (exact) mass is 253 g/mol. The van der Waals surface area contributed by atoms with Crippen molar-refractivity contribution in [3.8, 4) is 0 Å². The number of aliphatic hydroxyl groups is 1. The summed E-state index contributed by atoms with van der Waals surface area (Å²) in [5, 5.41) is 13.4. The summed E-state index contributed by atoms with van der Waals surface area (Å²) in [6.07, 6.45) is 3.38. The van der Waals surface area contributed by atoms with Crippen LogP contribution < -0.4 is 5.32 Å². The van der Waals surface area contributed by atoms with Gasteiger partial charge in [-0.1, -0.05) is 29.8 Å². The Kier molecular flexibility index (Phi) is 4.08. The zero-order valence-electron chi connectivity index (χ0n) is 10.2. The third kappa shape index (κ3) is 3.21. The van der Waals surface area contributed by atoms with E-state index in [9.17, 15) is 0 Å². The number of benzene rings is 1. The third-order valence-corrected chi connectivity index (χ3v) is 4.10. The van der Waals surface area contributed by atoms with E-state index < -0.39 is 0 Å². The maximum absolute atomic E-state index is 9.02. The highest BCUT2D eigenvalue weighted by Gasteiger charge is 2.41. The average Bonchev–Trinajstić information content (AvgIpc) is 3.08. The van der Waals surface area contributed by atoms with Crippen LogP contribution in [0.2, 0.25) is 5.02 Å². The number of nitrogens with one attached hydrogen (secondary N) is 1. The van der Waals surface area contributed by atoms with Gasteiger partial charge in [0, 0.05) is 24.2 Å². The molecule has 1 aliphatic rings. The van der Waals surface area contributed by atoms with E-state index in [1.54, 1.807) is 0 Å². The molecule has 0 aromatic heterocycles. The van der Waals surface area contributed by atoms with Crippen molar-refractivity contribution in [3.05, 3.63) is 34.9 Å². The molecule has 2 rings (SSSR count). The fourth-order valence-electron chi connectivity index (χ4n) is 2.23. The van der Waals surface area contributed by atoms with Gasteiger partial charge in [-0.2, -0.15) is 0 Å². The Hall–Kier alpha value is -0.570. The molecule has 0 aliphatic heterocycles. The van der Waals surface area contributed by atoms with Crippen molar-refractivity contribution < 1.29 is 5.11 Å². The normalized spacial score (nSPS) is 19.0. The second-order valence-corrected chi connectivity index (χ2v) is 5.50. The van der Waals surface area contributed by atoms with Crippen LogP contribution in [-0.4, -0.2) is 18.3 Å². The first-order chi connectivity index (χ1) is 8.17. The molecule has 0 bridgehead atoms. The summed E-state index contributed by atoms with van der Waals surface area (Å²) in [7, 11) is 0. The Bertz CT molecular complexity index is 376. The van der Waals surface area contributed by atoms with Crippen molar-refractivity contribution in [3.63, 3.8) is 0 Å². The van der Waals surface area contributed by atoms with E-state index >= 15 is 0 Å². The minimum Gasteiger partial charge on any atom is -0.396 e. The molecule has 0 heterocycles. The molecular weight excluding hydrogens is 234 g/mol. The van der Waals surface area contributed by atoms with Crippen LogP contribution in [0.3, 0.4) is 0 Å². The van der Waals surface area contributed by atoms with E-state index in [4.69, 9.17) is 16.7 Å². The fourth-order valence-corrected chi connectivity index (χ4v) is 2.53. The molecule has 3 heteroatoms. The van der Waals surface area contributed by atoms with E-state index in [0.29, 0.717) is 12.0 Å². The lowest BCUT2D eigenvalue weighted by Crippen LogP contribution is -2.27. The Labute approximate surface area is 108 Å². The first kappa shape index (κ1) is 12.9. The summed E-state index contributed by atoms with van der Waals surface area (Å²) in [6, 6.07) is 8.22. The molecule has 0 amide bonds. The molecule has 1 atom stereocenters. The molecule has 1 unspecified atom stereocenters. The van der Waals surface area contributed by atoms with Gasteiger partial charge >= 0.3 is 0 Å². The zero-order valence-corrected chi connectivity index (χ0v) is 11.0. The van der Waals surface area contributed by atoms with Crippen molar-refractivity contribution in [1.29, 1.82) is 0 Å². The van der Waals surface area contributed by atoms with Gasteiger partial charge in [-0.3, -0.25) is 0 Å². The predicted molar refractivity (Wildman–Crippen MR) is 71.2 cm³/mol. The van der Waals surface area contributed by atoms with Crippen molar-refractivity contribution in [2.24, 2.45) is 5.41 Å². The van der Waals surface area contributed by atoms with Gasteiger partial charge in [0.05, 0.1) is 0 Å². The van der Waals surface area contributed by atoms with Gasteiger partial charge in [-0.15, -0.1) is 0 Å². The quantitative estimate of drug-likeness (QED) is 0.816. The van der Waals surface area contributed by atoms with Crippen LogP contribution in [0.25, 0.3) is 0 Å². The molecule has 1 saturated carbocycles. The van der Waals surface area contributed by atoms with Gasteiger partial charge in [0.15, 0.2) is 0 Å². The number of aliphatic hydroxyl groups excluding tert-OH is 1. The zero-order chi connectivity index (χ0) is 12.3. The lowest BCUT2D eigenvalue weighted by atomic mass is 10.0. The second-order valence-electron chi connectivity index (χ2n) is 5.10. The maximum Gasteiger partial charge on any atom is 0.0453 e. The number of rotatable bonds is 6. The molecule has 0 radical (unpaired) electrons. The van der Waals surface area contributed by atoms with E-state index in [1.807, 2.05) is 18.2 Å². The number of halogens is 1. The standard InChI is InChI=1S/C14H20ClNO/c1-11(12-4-2-3-5-13(12)15)16-10-14(6-7-14)8-9-17/h2-5,11,16-17H,6-10H2,1H3. The highest BCUT2D eigenvalue weighted by molar-refractivity contribution is 6.31. The topological polar surface area (TPSA) is 32.3 Å². The molecule has 2 nitrogen and oxygen atoms in total. The van der Waals surface area contributed by atoms with E-state index in [-0.39, 0.29) is 6.04 Å². The van der Waals surface area contributed by atoms with Crippen LogP contribution in [0.5, 0.6) is 0 Å². The van der Waals surface area contributed by atoms with Crippen LogP contribution in [-0.2, 0) is 0 Å². The highest BCUT2D eigenvalue weighted by Crippen LogP contribution is 2.48. The summed E-state index contributed by atoms with van der Waals surface area (Å²) in [5.74, 6) is 0. The SMILES string of the molecule is CC(NCC1(CCO)CC1)c1ccccc1Cl. The molecule has 1 aromatic rings. The van der Waals surface area contributed by atoms with Gasteiger partial charge < -0.3 is 10.4 Å². The summed E-state index contributed by atoms with van der Waals surface area (Å²) in [5.41, 5.74) is 1.50. The van der Waals surface area contributed by atoms with Crippen LogP contribution in [0.1, 0.15) is 37.8 Å². The lowest BCUT2D eigenvalue weighted by Gasteiger charge is -2.20. The Morgan fingerprint density at radius 3 is 2.71 bits per heavy atom. The summed E-state index contributed by atoms with van der Waals surface area (Å²) >= 11 is 6.17. The number of hydrogen-bond acceptors (Lipinski definition) is 2. The van der Waals surface area contributed by atoms with E-state index in [1.165, 1.54) is 12.8 Å². The fraction of sp³-hybridized carbons (Fsp3) is 0.571. The molecule has 2 N–H and O–H groups in total. The van der Waals surface area contributed by atoms with Gasteiger partial charge in [0.25, 0.3) is 0 Å². The molecule has 1 fully saturated rings. The molecular formula is C14H20ClNO. The van der Waals surface area contributed by atoms with Gasteiger partial charge in [-0.25, -0.2) is 0 Å². The maximum atomic E-state index is 9.02. The summed E-state index contributed by atoms with van der Waals surface area (Å²) < 4.78 is 0. The number of hydrogen-bond donors (Lipinski definition) is 2. The van der Waals surface area contributed by atoms with E-state index in [0.717, 1.165) is 23.6 Å². The third-order valence-electron chi connectivity index (χ3n) is 3.75. The summed E-state index contributed by atoms with van der Waals surface area (Å²) in [4.78, 5) is 0. The molecule has 1 aromatic carbocycles. The Morgan fingerprint density at radius 1 is 1.41 bits per heavy atom. The van der Waals surface area contributed by atoms with Crippen LogP contribution in [0.15, 0.2) is 24.3 Å². The molecule has 94 valence electrons. The van der Waals surface area contributed by atoms with Crippen LogP contribution >= 0.6 is 11.6 Å². The van der Waals surface area contributed by atoms with Crippen molar-refractivity contribution in [2.75, 3.05) is 13.2 Å². The molecule has 0 spiro atoms. The molecule has 17 heavy (non-hydrogen) atoms. The largest absolute Gasteiger partial charge is 0.396 e.